The van der Waals surface area contributed by atoms with Gasteiger partial charge in [-0.3, -0.25) is 9.59 Å². The van der Waals surface area contributed by atoms with E-state index in [0.717, 1.165) is 12.1 Å². The van der Waals surface area contributed by atoms with Gasteiger partial charge in [-0.15, -0.1) is 0 Å². The van der Waals surface area contributed by atoms with Crippen LogP contribution in [0.2, 0.25) is 0 Å². The Hall–Kier alpha value is -3.23. The molecule has 6 nitrogen and oxygen atoms in total. The van der Waals surface area contributed by atoms with E-state index in [1.807, 2.05) is 0 Å². The van der Waals surface area contributed by atoms with E-state index in [2.05, 4.69) is 5.32 Å². The van der Waals surface area contributed by atoms with Crippen LogP contribution in [0.15, 0.2) is 42.5 Å². The number of amides is 1. The second-order valence-corrected chi connectivity index (χ2v) is 7.27. The van der Waals surface area contributed by atoms with Crippen LogP contribution >= 0.6 is 0 Å². The van der Waals surface area contributed by atoms with E-state index >= 15 is 0 Å². The average Bonchev–Trinajstić information content (AvgIpc) is 2.75. The van der Waals surface area contributed by atoms with Crippen LogP contribution in [0.3, 0.4) is 0 Å². The van der Waals surface area contributed by atoms with E-state index in [1.54, 1.807) is 25.1 Å². The maximum Gasteiger partial charge on any atom is 0.416 e. The third-order valence-electron chi connectivity index (χ3n) is 5.14. The fraction of sp³-hybridized carbons (Fsp3) is 0.391. The zero-order valence-electron chi connectivity index (χ0n) is 18.0. The van der Waals surface area contributed by atoms with Crippen molar-refractivity contribution in [3.05, 3.63) is 59.2 Å². The summed E-state index contributed by atoms with van der Waals surface area (Å²) < 4.78 is 48.8. The second-order valence-electron chi connectivity index (χ2n) is 7.27. The van der Waals surface area contributed by atoms with Crippen LogP contribution in [-0.2, 0) is 22.2 Å². The molecule has 1 amide bonds. The Morgan fingerprint density at radius 2 is 1.72 bits per heavy atom. The van der Waals surface area contributed by atoms with Crippen LogP contribution < -0.4 is 14.8 Å². The zero-order valence-corrected chi connectivity index (χ0v) is 18.0. The van der Waals surface area contributed by atoms with Crippen LogP contribution in [0.25, 0.3) is 0 Å². The van der Waals surface area contributed by atoms with Gasteiger partial charge < -0.3 is 19.9 Å². The van der Waals surface area contributed by atoms with Gasteiger partial charge in [0.25, 0.3) is 0 Å². The number of methoxy groups -OCH3 is 2. The summed E-state index contributed by atoms with van der Waals surface area (Å²) in [6.45, 7) is 1.79. The highest BCUT2D eigenvalue weighted by Gasteiger charge is 2.30. The minimum absolute atomic E-state index is 0.222. The standard InChI is InChI=1S/C23H26F3NO5/c1-4-15(11-14-5-7-16(8-6-14)23(24,25)26)22(30)27-19(13-21(28)29)18-10-9-17(31-2)12-20(18)32-3/h5-10,12,15,19H,4,11,13H2,1-3H3,(H,27,30)(H,28,29). The zero-order chi connectivity index (χ0) is 23.9. The number of hydrogen-bond acceptors (Lipinski definition) is 4. The summed E-state index contributed by atoms with van der Waals surface area (Å²) in [6.07, 6.45) is -4.15. The normalized spacial score (nSPS) is 13.2. The molecule has 32 heavy (non-hydrogen) atoms. The molecule has 2 aromatic carbocycles. The lowest BCUT2D eigenvalue weighted by Crippen LogP contribution is -2.36. The van der Waals surface area contributed by atoms with E-state index in [9.17, 15) is 27.9 Å². The summed E-state index contributed by atoms with van der Waals surface area (Å²) in [5.41, 5.74) is 0.303. The summed E-state index contributed by atoms with van der Waals surface area (Å²) in [5, 5.41) is 12.1. The number of nitrogens with one attached hydrogen (secondary N) is 1. The molecular formula is C23H26F3NO5. The Morgan fingerprint density at radius 3 is 2.22 bits per heavy atom. The van der Waals surface area contributed by atoms with Crippen LogP contribution in [0, 0.1) is 5.92 Å². The summed E-state index contributed by atoms with van der Waals surface area (Å²) >= 11 is 0. The van der Waals surface area contributed by atoms with E-state index in [0.29, 0.717) is 29.0 Å². The molecule has 2 unspecified atom stereocenters. The molecule has 0 aliphatic heterocycles. The third-order valence-corrected chi connectivity index (χ3v) is 5.14. The number of alkyl halides is 3. The molecule has 2 aromatic rings. The van der Waals surface area contributed by atoms with E-state index in [1.165, 1.54) is 26.4 Å². The van der Waals surface area contributed by atoms with E-state index < -0.39 is 35.6 Å². The van der Waals surface area contributed by atoms with Crippen molar-refractivity contribution in [2.24, 2.45) is 5.92 Å². The molecule has 0 bridgehead atoms. The number of carbonyl (C=O) groups is 2. The van der Waals surface area contributed by atoms with Crippen molar-refractivity contribution in [2.45, 2.75) is 38.4 Å². The molecule has 0 aromatic heterocycles. The molecule has 2 rings (SSSR count). The molecule has 0 saturated heterocycles. The van der Waals surface area contributed by atoms with Crippen LogP contribution in [-0.4, -0.2) is 31.2 Å². The Morgan fingerprint density at radius 1 is 1.06 bits per heavy atom. The average molecular weight is 453 g/mol. The fourth-order valence-corrected chi connectivity index (χ4v) is 3.35. The van der Waals surface area contributed by atoms with Crippen molar-refractivity contribution in [3.63, 3.8) is 0 Å². The monoisotopic (exact) mass is 453 g/mol. The highest BCUT2D eigenvalue weighted by Crippen LogP contribution is 2.32. The van der Waals surface area contributed by atoms with E-state index in [-0.39, 0.29) is 12.8 Å². The number of carboxylic acids is 1. The predicted octanol–water partition coefficient (Wildman–Crippen LogP) is 4.62. The first-order valence-electron chi connectivity index (χ1n) is 9.99. The minimum atomic E-state index is -4.43. The lowest BCUT2D eigenvalue weighted by molar-refractivity contribution is -0.138. The van der Waals surface area contributed by atoms with Crippen molar-refractivity contribution in [2.75, 3.05) is 14.2 Å². The maximum atomic E-state index is 12.9. The van der Waals surface area contributed by atoms with Gasteiger partial charge in [0.05, 0.1) is 32.2 Å². The Bertz CT molecular complexity index is 928. The molecule has 174 valence electrons. The van der Waals surface area contributed by atoms with Gasteiger partial charge in [0.1, 0.15) is 11.5 Å². The number of hydrogen-bond donors (Lipinski definition) is 2. The Labute approximate surface area is 184 Å². The molecule has 0 saturated carbocycles. The SMILES string of the molecule is CCC(Cc1ccc(C(F)(F)F)cc1)C(=O)NC(CC(=O)O)c1ccc(OC)cc1OC. The second kappa shape index (κ2) is 10.9. The van der Waals surface area contributed by atoms with Gasteiger partial charge in [-0.2, -0.15) is 13.2 Å². The summed E-state index contributed by atoms with van der Waals surface area (Å²) in [5.74, 6) is -1.17. The molecule has 0 spiro atoms. The topological polar surface area (TPSA) is 84.9 Å². The molecule has 2 N–H and O–H groups in total. The van der Waals surface area contributed by atoms with Crippen molar-refractivity contribution < 1.29 is 37.3 Å². The van der Waals surface area contributed by atoms with Gasteiger partial charge in [-0.1, -0.05) is 19.1 Å². The summed E-state index contributed by atoms with van der Waals surface area (Å²) in [7, 11) is 2.91. The molecule has 9 heteroatoms. The number of carboxylic acid groups (broad SMARTS) is 1. The largest absolute Gasteiger partial charge is 0.497 e. The molecule has 0 aliphatic carbocycles. The fourth-order valence-electron chi connectivity index (χ4n) is 3.35. The lowest BCUT2D eigenvalue weighted by Gasteiger charge is -2.23. The van der Waals surface area contributed by atoms with Crippen molar-refractivity contribution in [1.82, 2.24) is 5.32 Å². The van der Waals surface area contributed by atoms with Crippen LogP contribution in [0.4, 0.5) is 13.2 Å². The molecule has 0 radical (unpaired) electrons. The Kier molecular flexibility index (Phi) is 8.51. The molecule has 0 heterocycles. The van der Waals surface area contributed by atoms with E-state index in [4.69, 9.17) is 9.47 Å². The third kappa shape index (κ3) is 6.63. The van der Waals surface area contributed by atoms with Gasteiger partial charge in [0.15, 0.2) is 0 Å². The van der Waals surface area contributed by atoms with Crippen molar-refractivity contribution >= 4 is 11.9 Å². The summed E-state index contributed by atoms with van der Waals surface area (Å²) in [6, 6.07) is 8.66. The first-order valence-corrected chi connectivity index (χ1v) is 9.99. The van der Waals surface area contributed by atoms with Gasteiger partial charge in [-0.25, -0.2) is 0 Å². The smallest absolute Gasteiger partial charge is 0.416 e. The molecule has 2 atom stereocenters. The first-order chi connectivity index (χ1) is 15.1. The van der Waals surface area contributed by atoms with Gasteiger partial charge in [-0.05, 0) is 42.7 Å². The predicted molar refractivity (Wildman–Crippen MR) is 112 cm³/mol. The number of halogens is 3. The minimum Gasteiger partial charge on any atom is -0.497 e. The molecular weight excluding hydrogens is 427 g/mol. The number of benzene rings is 2. The highest BCUT2D eigenvalue weighted by molar-refractivity contribution is 5.80. The number of aliphatic carboxylic acids is 1. The first kappa shape index (κ1) is 25.0. The lowest BCUT2D eigenvalue weighted by atomic mass is 9.94. The number of carbonyl (C=O) groups excluding carboxylic acids is 1. The van der Waals surface area contributed by atoms with Crippen LogP contribution in [0.5, 0.6) is 11.5 Å². The van der Waals surface area contributed by atoms with Crippen molar-refractivity contribution in [3.8, 4) is 11.5 Å². The molecule has 0 aliphatic rings. The van der Waals surface area contributed by atoms with Crippen LogP contribution in [0.1, 0.15) is 42.5 Å². The quantitative estimate of drug-likeness (QED) is 0.548. The summed E-state index contributed by atoms with van der Waals surface area (Å²) in [4.78, 5) is 24.4. The van der Waals surface area contributed by atoms with Crippen molar-refractivity contribution in [1.29, 1.82) is 0 Å². The molecule has 0 fully saturated rings. The number of rotatable bonds is 10. The highest BCUT2D eigenvalue weighted by atomic mass is 19.4. The number of ether oxygens (including phenoxy) is 2. The Balaban J connectivity index is 2.21. The van der Waals surface area contributed by atoms with Gasteiger partial charge in [0, 0.05) is 17.5 Å². The van der Waals surface area contributed by atoms with Gasteiger partial charge in [0.2, 0.25) is 5.91 Å². The van der Waals surface area contributed by atoms with Gasteiger partial charge >= 0.3 is 12.1 Å². The maximum absolute atomic E-state index is 12.9.